The van der Waals surface area contributed by atoms with E-state index in [1.54, 1.807) is 61.5 Å². The van der Waals surface area contributed by atoms with Gasteiger partial charge in [0.1, 0.15) is 6.10 Å². The minimum atomic E-state index is -0.803. The van der Waals surface area contributed by atoms with E-state index in [4.69, 9.17) is 15.2 Å². The number of benzene rings is 3. The Morgan fingerprint density at radius 3 is 2.40 bits per heavy atom. The molecule has 0 unspecified atom stereocenters. The van der Waals surface area contributed by atoms with E-state index in [9.17, 15) is 14.7 Å². The Kier molecular flexibility index (Phi) is 8.34. The van der Waals surface area contributed by atoms with Gasteiger partial charge >= 0.3 is 6.09 Å². The van der Waals surface area contributed by atoms with Crippen molar-refractivity contribution in [3.8, 4) is 11.5 Å². The Balaban J connectivity index is 1.78. The molecule has 182 valence electrons. The molecule has 0 radical (unpaired) electrons. The standard InChI is InChI=1S/C27H29N3O5/c1-17-8-12-20(13-9-17)29-27(33)35-26(19-11-14-24(34-3)23(31)16-19)18(2)10-15-25(32)30-22-7-5-4-6-21(22)28/h4-16,18,26,31H,28H2,1-3H3,(H,29,33)(H,30,32)/b15-10+/t18-,26+/m0/s1. The molecule has 0 aliphatic carbocycles. The van der Waals surface area contributed by atoms with E-state index in [0.717, 1.165) is 5.56 Å². The van der Waals surface area contributed by atoms with Gasteiger partial charge in [0.05, 0.1) is 18.5 Å². The second-order valence-corrected chi connectivity index (χ2v) is 8.04. The molecule has 3 rings (SSSR count). The Hall–Kier alpha value is -4.46. The van der Waals surface area contributed by atoms with Gasteiger partial charge in [-0.3, -0.25) is 10.1 Å². The smallest absolute Gasteiger partial charge is 0.412 e. The minimum Gasteiger partial charge on any atom is -0.504 e. The van der Waals surface area contributed by atoms with Crippen LogP contribution in [0.3, 0.4) is 0 Å². The van der Waals surface area contributed by atoms with Crippen LogP contribution in [0.4, 0.5) is 21.9 Å². The van der Waals surface area contributed by atoms with Crippen molar-refractivity contribution in [1.29, 1.82) is 0 Å². The zero-order valence-electron chi connectivity index (χ0n) is 19.8. The van der Waals surface area contributed by atoms with E-state index in [0.29, 0.717) is 28.4 Å². The van der Waals surface area contributed by atoms with Crippen LogP contribution >= 0.6 is 0 Å². The van der Waals surface area contributed by atoms with E-state index in [1.807, 2.05) is 19.1 Å². The molecular formula is C27H29N3O5. The number of nitrogens with two attached hydrogens (primary N) is 1. The van der Waals surface area contributed by atoms with E-state index in [-0.39, 0.29) is 11.7 Å². The highest BCUT2D eigenvalue weighted by molar-refractivity contribution is 6.01. The van der Waals surface area contributed by atoms with E-state index >= 15 is 0 Å². The largest absolute Gasteiger partial charge is 0.504 e. The van der Waals surface area contributed by atoms with Crippen LogP contribution in [0.5, 0.6) is 11.5 Å². The quantitative estimate of drug-likeness (QED) is 0.255. The van der Waals surface area contributed by atoms with Gasteiger partial charge in [-0.15, -0.1) is 0 Å². The normalized spacial score (nSPS) is 12.5. The van der Waals surface area contributed by atoms with Gasteiger partial charge in [0.2, 0.25) is 5.91 Å². The third-order valence-corrected chi connectivity index (χ3v) is 5.31. The number of phenols is 1. The SMILES string of the molecule is COc1ccc([C@H](OC(=O)Nc2ccc(C)cc2)[C@@H](C)/C=C/C(=O)Nc2ccccc2N)cc1O. The highest BCUT2D eigenvalue weighted by Crippen LogP contribution is 2.34. The van der Waals surface area contributed by atoms with Gasteiger partial charge in [0.25, 0.3) is 0 Å². The number of aromatic hydroxyl groups is 1. The number of hydrogen-bond donors (Lipinski definition) is 4. The Morgan fingerprint density at radius 2 is 1.74 bits per heavy atom. The third kappa shape index (κ3) is 7.01. The molecule has 0 aliphatic rings. The summed E-state index contributed by atoms with van der Waals surface area (Å²) in [7, 11) is 1.45. The van der Waals surface area contributed by atoms with Crippen molar-refractivity contribution in [2.24, 2.45) is 5.92 Å². The Bertz CT molecular complexity index is 1210. The maximum absolute atomic E-state index is 12.7. The molecular weight excluding hydrogens is 446 g/mol. The fraction of sp³-hybridized carbons (Fsp3) is 0.185. The number of aryl methyl sites for hydroxylation is 1. The van der Waals surface area contributed by atoms with Crippen LogP contribution in [0, 0.1) is 12.8 Å². The summed E-state index contributed by atoms with van der Waals surface area (Å²) in [6, 6.07) is 19.0. The number of rotatable bonds is 8. The molecule has 0 aromatic heterocycles. The number of hydrogen-bond acceptors (Lipinski definition) is 6. The van der Waals surface area contributed by atoms with Crippen molar-refractivity contribution in [3.63, 3.8) is 0 Å². The third-order valence-electron chi connectivity index (χ3n) is 5.31. The van der Waals surface area contributed by atoms with Crippen molar-refractivity contribution >= 4 is 29.1 Å². The average molecular weight is 476 g/mol. The number of ether oxygens (including phenoxy) is 2. The van der Waals surface area contributed by atoms with Gasteiger partial charge in [-0.05, 0) is 55.0 Å². The summed E-state index contributed by atoms with van der Waals surface area (Å²) in [4.78, 5) is 25.1. The summed E-state index contributed by atoms with van der Waals surface area (Å²) < 4.78 is 10.8. The molecule has 3 aromatic rings. The first-order chi connectivity index (χ1) is 16.8. The summed E-state index contributed by atoms with van der Waals surface area (Å²) in [6.07, 6.45) is 1.51. The van der Waals surface area contributed by atoms with Gasteiger partial charge in [0.15, 0.2) is 11.5 Å². The lowest BCUT2D eigenvalue weighted by Gasteiger charge is -2.23. The van der Waals surface area contributed by atoms with Crippen LogP contribution < -0.4 is 21.1 Å². The van der Waals surface area contributed by atoms with Crippen LogP contribution in [0.15, 0.2) is 78.9 Å². The summed E-state index contributed by atoms with van der Waals surface area (Å²) in [5, 5.41) is 15.7. The van der Waals surface area contributed by atoms with Crippen molar-refractivity contribution in [1.82, 2.24) is 0 Å². The zero-order chi connectivity index (χ0) is 25.4. The van der Waals surface area contributed by atoms with E-state index in [1.165, 1.54) is 19.3 Å². The van der Waals surface area contributed by atoms with Crippen molar-refractivity contribution in [3.05, 3.63) is 90.0 Å². The lowest BCUT2D eigenvalue weighted by atomic mass is 9.96. The predicted molar refractivity (Wildman–Crippen MR) is 136 cm³/mol. The van der Waals surface area contributed by atoms with Crippen LogP contribution in [-0.2, 0) is 9.53 Å². The van der Waals surface area contributed by atoms with Crippen LogP contribution in [0.1, 0.15) is 24.2 Å². The number of amides is 2. The lowest BCUT2D eigenvalue weighted by molar-refractivity contribution is -0.111. The van der Waals surface area contributed by atoms with Gasteiger partial charge in [-0.1, -0.05) is 48.9 Å². The van der Waals surface area contributed by atoms with Crippen LogP contribution in [0.25, 0.3) is 0 Å². The number of nitrogens with one attached hydrogen (secondary N) is 2. The molecule has 0 heterocycles. The van der Waals surface area contributed by atoms with Crippen molar-refractivity contribution < 1.29 is 24.2 Å². The molecule has 5 N–H and O–H groups in total. The highest BCUT2D eigenvalue weighted by Gasteiger charge is 2.24. The number of nitrogen functional groups attached to an aromatic ring is 1. The molecule has 3 aromatic carbocycles. The maximum Gasteiger partial charge on any atom is 0.412 e. The van der Waals surface area contributed by atoms with E-state index < -0.39 is 18.1 Å². The minimum absolute atomic E-state index is 0.0916. The number of phenolic OH excluding ortho intramolecular Hbond substituents is 1. The molecule has 0 spiro atoms. The number of carbonyl (C=O) groups excluding carboxylic acids is 2. The predicted octanol–water partition coefficient (Wildman–Crippen LogP) is 5.41. The zero-order valence-corrected chi connectivity index (χ0v) is 19.8. The molecule has 0 aliphatic heterocycles. The topological polar surface area (TPSA) is 123 Å². The first-order valence-electron chi connectivity index (χ1n) is 11.0. The molecule has 8 heteroatoms. The Morgan fingerprint density at radius 1 is 1.03 bits per heavy atom. The average Bonchev–Trinajstić information content (AvgIpc) is 2.84. The number of carbonyl (C=O) groups is 2. The van der Waals surface area contributed by atoms with Crippen molar-refractivity contribution in [2.45, 2.75) is 20.0 Å². The molecule has 35 heavy (non-hydrogen) atoms. The van der Waals surface area contributed by atoms with E-state index in [2.05, 4.69) is 10.6 Å². The molecule has 0 saturated carbocycles. The molecule has 0 fully saturated rings. The summed E-state index contributed by atoms with van der Waals surface area (Å²) in [5.74, 6) is -0.605. The van der Waals surface area contributed by atoms with Crippen LogP contribution in [0.2, 0.25) is 0 Å². The molecule has 8 nitrogen and oxygen atoms in total. The monoisotopic (exact) mass is 475 g/mol. The number of methoxy groups -OCH3 is 1. The fourth-order valence-corrected chi connectivity index (χ4v) is 3.39. The van der Waals surface area contributed by atoms with Crippen molar-refractivity contribution in [2.75, 3.05) is 23.5 Å². The first-order valence-corrected chi connectivity index (χ1v) is 11.0. The summed E-state index contributed by atoms with van der Waals surface area (Å²) in [6.45, 7) is 3.75. The second kappa shape index (κ2) is 11.6. The first kappa shape index (κ1) is 25.2. The molecule has 0 bridgehead atoms. The van der Waals surface area contributed by atoms with Crippen LogP contribution in [-0.4, -0.2) is 24.2 Å². The Labute approximate surface area is 204 Å². The van der Waals surface area contributed by atoms with Gasteiger partial charge in [-0.25, -0.2) is 4.79 Å². The van der Waals surface area contributed by atoms with Gasteiger partial charge in [-0.2, -0.15) is 0 Å². The fourth-order valence-electron chi connectivity index (χ4n) is 3.39. The lowest BCUT2D eigenvalue weighted by Crippen LogP contribution is -2.21. The van der Waals surface area contributed by atoms with Gasteiger partial charge < -0.3 is 25.6 Å². The number of anilines is 3. The maximum atomic E-state index is 12.7. The summed E-state index contributed by atoms with van der Waals surface area (Å²) >= 11 is 0. The number of para-hydroxylation sites is 2. The molecule has 0 saturated heterocycles. The molecule has 2 atom stereocenters. The molecule has 2 amide bonds. The van der Waals surface area contributed by atoms with Gasteiger partial charge in [0, 0.05) is 11.6 Å². The summed E-state index contributed by atoms with van der Waals surface area (Å²) in [5.41, 5.74) is 9.00. The second-order valence-electron chi connectivity index (χ2n) is 8.04. The highest BCUT2D eigenvalue weighted by atomic mass is 16.6.